The molecular formula is C10H10BrN3O. The fraction of sp³-hybridized carbons (Fsp3) is 0.200. The normalized spacial score (nSPS) is 10.5. The fourth-order valence-electron chi connectivity index (χ4n) is 1.16. The van der Waals surface area contributed by atoms with E-state index in [0.717, 1.165) is 15.9 Å². The molecule has 0 amide bonds. The van der Waals surface area contributed by atoms with Gasteiger partial charge in [-0.2, -0.15) is 0 Å². The van der Waals surface area contributed by atoms with E-state index in [1.165, 1.54) is 0 Å². The van der Waals surface area contributed by atoms with E-state index in [1.807, 2.05) is 18.2 Å². The van der Waals surface area contributed by atoms with Crippen LogP contribution in [0.25, 0.3) is 0 Å². The summed E-state index contributed by atoms with van der Waals surface area (Å²) in [7, 11) is 0. The number of nitrogens with zero attached hydrogens (tertiary/aromatic N) is 2. The van der Waals surface area contributed by atoms with Crippen LogP contribution in [0, 0.1) is 0 Å². The summed E-state index contributed by atoms with van der Waals surface area (Å²) < 4.78 is 5.94. The highest BCUT2D eigenvalue weighted by molar-refractivity contribution is 9.10. The molecule has 0 saturated heterocycles. The van der Waals surface area contributed by atoms with Gasteiger partial charge in [-0.25, -0.2) is 0 Å². The summed E-state index contributed by atoms with van der Waals surface area (Å²) in [6.07, 6.45) is 3.42. The molecule has 2 heterocycles. The maximum Gasteiger partial charge on any atom is 0.150 e. The fourth-order valence-corrected chi connectivity index (χ4v) is 1.39. The number of hydrogen-bond donors (Lipinski definition) is 1. The van der Waals surface area contributed by atoms with E-state index in [-0.39, 0.29) is 0 Å². The lowest BCUT2D eigenvalue weighted by molar-refractivity contribution is 0.372. The van der Waals surface area contributed by atoms with Gasteiger partial charge >= 0.3 is 0 Å². The Labute approximate surface area is 95.8 Å². The van der Waals surface area contributed by atoms with E-state index < -0.39 is 0 Å². The molecule has 5 heteroatoms. The first-order chi connectivity index (χ1) is 7.34. The molecule has 2 aromatic heterocycles. The molecule has 0 aliphatic carbocycles. The minimum Gasteiger partial charge on any atom is -0.360 e. The summed E-state index contributed by atoms with van der Waals surface area (Å²) in [5, 5.41) is 6.83. The van der Waals surface area contributed by atoms with Gasteiger partial charge in [-0.05, 0) is 28.1 Å². The zero-order chi connectivity index (χ0) is 10.5. The van der Waals surface area contributed by atoms with Gasteiger partial charge in [0.1, 0.15) is 5.76 Å². The highest BCUT2D eigenvalue weighted by atomic mass is 79.9. The first-order valence-corrected chi connectivity index (χ1v) is 5.34. The minimum absolute atomic E-state index is 0.664. The smallest absolute Gasteiger partial charge is 0.150 e. The van der Waals surface area contributed by atoms with Crippen molar-refractivity contribution in [2.75, 3.05) is 0 Å². The predicted molar refractivity (Wildman–Crippen MR) is 59.0 cm³/mol. The second kappa shape index (κ2) is 5.04. The molecule has 78 valence electrons. The Balaban J connectivity index is 1.81. The summed E-state index contributed by atoms with van der Waals surface area (Å²) in [5.74, 6) is 0.826. The number of nitrogens with one attached hydrogen (secondary N) is 1. The van der Waals surface area contributed by atoms with Gasteiger partial charge < -0.3 is 9.84 Å². The molecule has 0 unspecified atom stereocenters. The third-order valence-corrected chi connectivity index (χ3v) is 2.35. The van der Waals surface area contributed by atoms with Crippen molar-refractivity contribution in [3.63, 3.8) is 0 Å². The van der Waals surface area contributed by atoms with Crippen LogP contribution in [-0.2, 0) is 13.1 Å². The Morgan fingerprint density at radius 2 is 2.20 bits per heavy atom. The van der Waals surface area contributed by atoms with E-state index in [4.69, 9.17) is 4.52 Å². The molecule has 0 atom stereocenters. The predicted octanol–water partition coefficient (Wildman–Crippen LogP) is 2.12. The Morgan fingerprint density at radius 1 is 1.27 bits per heavy atom. The second-order valence-corrected chi connectivity index (χ2v) is 3.97. The molecule has 0 spiro atoms. The summed E-state index contributed by atoms with van der Waals surface area (Å²) in [6, 6.07) is 5.78. The van der Waals surface area contributed by atoms with Crippen LogP contribution >= 0.6 is 15.9 Å². The second-order valence-electron chi connectivity index (χ2n) is 3.05. The minimum atomic E-state index is 0.664. The van der Waals surface area contributed by atoms with Crippen molar-refractivity contribution in [2.45, 2.75) is 13.1 Å². The molecule has 2 aromatic rings. The van der Waals surface area contributed by atoms with Crippen LogP contribution in [-0.4, -0.2) is 10.1 Å². The molecule has 0 aliphatic heterocycles. The highest BCUT2D eigenvalue weighted by Crippen LogP contribution is 2.07. The van der Waals surface area contributed by atoms with Crippen LogP contribution in [0.1, 0.15) is 11.5 Å². The molecule has 0 bridgehead atoms. The number of pyridine rings is 1. The quantitative estimate of drug-likeness (QED) is 0.922. The third-order valence-electron chi connectivity index (χ3n) is 1.89. The van der Waals surface area contributed by atoms with Gasteiger partial charge in [0, 0.05) is 23.3 Å². The topological polar surface area (TPSA) is 51.0 Å². The van der Waals surface area contributed by atoms with Crippen LogP contribution in [0.2, 0.25) is 0 Å². The van der Waals surface area contributed by atoms with Crippen LogP contribution < -0.4 is 5.32 Å². The Kier molecular flexibility index (Phi) is 3.47. The van der Waals surface area contributed by atoms with E-state index in [0.29, 0.717) is 13.1 Å². The lowest BCUT2D eigenvalue weighted by atomic mass is 10.3. The molecule has 0 aromatic carbocycles. The van der Waals surface area contributed by atoms with Crippen molar-refractivity contribution in [3.8, 4) is 0 Å². The number of rotatable bonds is 4. The first kappa shape index (κ1) is 10.3. The largest absolute Gasteiger partial charge is 0.360 e. The van der Waals surface area contributed by atoms with Gasteiger partial charge in [0.15, 0.2) is 0 Å². The molecule has 0 radical (unpaired) electrons. The summed E-state index contributed by atoms with van der Waals surface area (Å²) >= 11 is 3.34. The van der Waals surface area contributed by atoms with Gasteiger partial charge in [0.25, 0.3) is 0 Å². The van der Waals surface area contributed by atoms with Crippen molar-refractivity contribution in [1.82, 2.24) is 15.5 Å². The Hall–Kier alpha value is -1.20. The first-order valence-electron chi connectivity index (χ1n) is 4.55. The number of hydrogen-bond acceptors (Lipinski definition) is 4. The highest BCUT2D eigenvalue weighted by Gasteiger charge is 1.97. The van der Waals surface area contributed by atoms with Crippen LogP contribution in [0.5, 0.6) is 0 Å². The van der Waals surface area contributed by atoms with Crippen molar-refractivity contribution in [1.29, 1.82) is 0 Å². The molecule has 0 fully saturated rings. The van der Waals surface area contributed by atoms with Gasteiger partial charge in [-0.3, -0.25) is 4.98 Å². The monoisotopic (exact) mass is 267 g/mol. The molecular weight excluding hydrogens is 258 g/mol. The Morgan fingerprint density at radius 3 is 2.87 bits per heavy atom. The summed E-state index contributed by atoms with van der Waals surface area (Å²) in [6.45, 7) is 1.38. The average Bonchev–Trinajstić information content (AvgIpc) is 2.74. The van der Waals surface area contributed by atoms with Crippen molar-refractivity contribution >= 4 is 15.9 Å². The van der Waals surface area contributed by atoms with E-state index in [9.17, 15) is 0 Å². The lowest BCUT2D eigenvalue weighted by Crippen LogP contribution is -2.12. The molecule has 15 heavy (non-hydrogen) atoms. The zero-order valence-electron chi connectivity index (χ0n) is 7.98. The van der Waals surface area contributed by atoms with Gasteiger partial charge in [0.2, 0.25) is 0 Å². The molecule has 4 nitrogen and oxygen atoms in total. The van der Waals surface area contributed by atoms with Crippen molar-refractivity contribution < 1.29 is 4.52 Å². The van der Waals surface area contributed by atoms with Gasteiger partial charge in [0.05, 0.1) is 18.4 Å². The van der Waals surface area contributed by atoms with Crippen LogP contribution in [0.4, 0.5) is 0 Å². The third kappa shape index (κ3) is 3.14. The SMILES string of the molecule is Brc1ccc(CNCc2ccno2)nc1. The number of halogens is 1. The molecule has 0 aliphatic rings. The van der Waals surface area contributed by atoms with Gasteiger partial charge in [-0.15, -0.1) is 0 Å². The summed E-state index contributed by atoms with van der Waals surface area (Å²) in [5.41, 5.74) is 0.998. The average molecular weight is 268 g/mol. The Bertz CT molecular complexity index is 399. The van der Waals surface area contributed by atoms with Gasteiger partial charge in [-0.1, -0.05) is 5.16 Å². The molecule has 2 rings (SSSR count). The lowest BCUT2D eigenvalue weighted by Gasteiger charge is -2.01. The maximum absolute atomic E-state index is 4.95. The van der Waals surface area contributed by atoms with Crippen molar-refractivity contribution in [3.05, 3.63) is 46.5 Å². The summed E-state index contributed by atoms with van der Waals surface area (Å²) in [4.78, 5) is 4.24. The number of aromatic nitrogens is 2. The van der Waals surface area contributed by atoms with Crippen molar-refractivity contribution in [2.24, 2.45) is 0 Å². The van der Waals surface area contributed by atoms with E-state index in [1.54, 1.807) is 12.4 Å². The van der Waals surface area contributed by atoms with Crippen LogP contribution in [0.3, 0.4) is 0 Å². The van der Waals surface area contributed by atoms with E-state index >= 15 is 0 Å². The zero-order valence-corrected chi connectivity index (χ0v) is 9.57. The molecule has 0 saturated carbocycles. The maximum atomic E-state index is 4.95. The van der Waals surface area contributed by atoms with E-state index in [2.05, 4.69) is 31.4 Å². The van der Waals surface area contributed by atoms with Crippen LogP contribution in [0.15, 0.2) is 39.6 Å². The molecule has 1 N–H and O–H groups in total. The standard InChI is InChI=1S/C10H10BrN3O/c11-8-1-2-9(13-5-8)6-12-7-10-3-4-14-15-10/h1-5,12H,6-7H2.